The summed E-state index contributed by atoms with van der Waals surface area (Å²) >= 11 is 0. The van der Waals surface area contributed by atoms with Crippen molar-refractivity contribution in [3.8, 4) is 0 Å². The number of nitrogens with zero attached hydrogens (tertiary/aromatic N) is 3. The lowest BCUT2D eigenvalue weighted by atomic mass is 10.1. The number of anilines is 3. The molecule has 0 aliphatic rings. The normalized spacial score (nSPS) is 11.8. The molecule has 7 nitrogen and oxygen atoms in total. The van der Waals surface area contributed by atoms with E-state index >= 15 is 0 Å². The van der Waals surface area contributed by atoms with Crippen molar-refractivity contribution in [2.24, 2.45) is 0 Å². The van der Waals surface area contributed by atoms with Crippen LogP contribution in [0.2, 0.25) is 0 Å². The molecule has 29 heavy (non-hydrogen) atoms. The van der Waals surface area contributed by atoms with Gasteiger partial charge in [-0.15, -0.1) is 0 Å². The Bertz CT molecular complexity index is 1080. The highest BCUT2D eigenvalue weighted by Gasteiger charge is 2.17. The predicted molar refractivity (Wildman–Crippen MR) is 109 cm³/mol. The molecule has 0 bridgehead atoms. The molecule has 3 aromatic rings. The second kappa shape index (κ2) is 8.12. The molecule has 0 spiro atoms. The molecule has 0 atom stereocenters. The number of pyridine rings is 3. The van der Waals surface area contributed by atoms with Crippen molar-refractivity contribution in [2.75, 3.05) is 17.2 Å². The van der Waals surface area contributed by atoms with Gasteiger partial charge < -0.3 is 20.3 Å². The number of aromatic nitrogens is 3. The van der Waals surface area contributed by atoms with E-state index in [0.29, 0.717) is 22.4 Å². The van der Waals surface area contributed by atoms with Crippen LogP contribution in [0.3, 0.4) is 0 Å². The first-order chi connectivity index (χ1) is 13.7. The first-order valence-electron chi connectivity index (χ1n) is 9.12. The van der Waals surface area contributed by atoms with E-state index in [4.69, 9.17) is 0 Å². The van der Waals surface area contributed by atoms with Crippen LogP contribution in [0.1, 0.15) is 32.8 Å². The zero-order valence-corrected chi connectivity index (χ0v) is 16.4. The van der Waals surface area contributed by atoms with Crippen molar-refractivity contribution < 1.29 is 13.9 Å². The molecular weight excluding hydrogens is 380 g/mol. The second-order valence-corrected chi connectivity index (χ2v) is 7.63. The van der Waals surface area contributed by atoms with Gasteiger partial charge in [0, 0.05) is 30.0 Å². The molecule has 9 heteroatoms. The van der Waals surface area contributed by atoms with E-state index < -0.39 is 6.43 Å². The van der Waals surface area contributed by atoms with Crippen LogP contribution in [-0.4, -0.2) is 31.8 Å². The Morgan fingerprint density at radius 1 is 1.21 bits per heavy atom. The third-order valence-electron chi connectivity index (χ3n) is 4.09. The van der Waals surface area contributed by atoms with E-state index in [9.17, 15) is 18.7 Å². The molecule has 0 saturated carbocycles. The fraction of sp³-hybridized carbons (Fsp3) is 0.350. The van der Waals surface area contributed by atoms with Crippen LogP contribution < -0.4 is 16.2 Å². The second-order valence-electron chi connectivity index (χ2n) is 7.63. The van der Waals surface area contributed by atoms with Crippen LogP contribution in [0.25, 0.3) is 10.8 Å². The van der Waals surface area contributed by atoms with Crippen molar-refractivity contribution in [3.05, 3.63) is 52.6 Å². The number of hydrogen-bond donors (Lipinski definition) is 3. The van der Waals surface area contributed by atoms with Crippen LogP contribution in [0.5, 0.6) is 0 Å². The fourth-order valence-electron chi connectivity index (χ4n) is 2.88. The summed E-state index contributed by atoms with van der Waals surface area (Å²) in [5.41, 5.74) is -0.806. The number of rotatable bonds is 6. The molecule has 3 rings (SSSR count). The summed E-state index contributed by atoms with van der Waals surface area (Å²) in [7, 11) is 0. The molecule has 0 aromatic carbocycles. The van der Waals surface area contributed by atoms with Crippen molar-refractivity contribution in [1.29, 1.82) is 0 Å². The van der Waals surface area contributed by atoms with E-state index in [2.05, 4.69) is 20.6 Å². The smallest absolute Gasteiger partial charge is 0.264 e. The maximum absolute atomic E-state index is 13.0. The minimum Gasteiger partial charge on any atom is -0.395 e. The van der Waals surface area contributed by atoms with Gasteiger partial charge in [-0.05, 0) is 50.4 Å². The van der Waals surface area contributed by atoms with Crippen LogP contribution >= 0.6 is 0 Å². The first kappa shape index (κ1) is 20.7. The number of fused-ring (bicyclic) bond motifs is 1. The number of nitrogens with one attached hydrogen (secondary N) is 2. The molecular formula is C20H23F2N5O2. The lowest BCUT2D eigenvalue weighted by Crippen LogP contribution is -2.29. The lowest BCUT2D eigenvalue weighted by molar-refractivity contribution is 0.151. The van der Waals surface area contributed by atoms with Crippen LogP contribution in [-0.2, 0) is 6.54 Å². The molecule has 3 N–H and O–H groups in total. The largest absolute Gasteiger partial charge is 0.395 e. The van der Waals surface area contributed by atoms with E-state index in [-0.39, 0.29) is 35.6 Å². The molecule has 0 aliphatic carbocycles. The van der Waals surface area contributed by atoms with Crippen LogP contribution in [0.15, 0.2) is 41.5 Å². The Balaban J connectivity index is 2.11. The highest BCUT2D eigenvalue weighted by molar-refractivity contribution is 5.93. The van der Waals surface area contributed by atoms with Crippen LogP contribution in [0.4, 0.5) is 26.2 Å². The van der Waals surface area contributed by atoms with E-state index in [1.807, 2.05) is 20.8 Å². The molecule has 0 radical (unpaired) electrons. The Hall–Kier alpha value is -3.07. The highest BCUT2D eigenvalue weighted by Crippen LogP contribution is 2.27. The molecule has 0 saturated heterocycles. The Kier molecular flexibility index (Phi) is 5.78. The molecule has 3 heterocycles. The number of hydrogen-bond acceptors (Lipinski definition) is 6. The number of aliphatic hydroxyl groups is 1. The van der Waals surface area contributed by atoms with E-state index in [0.717, 1.165) is 0 Å². The maximum atomic E-state index is 13.0. The van der Waals surface area contributed by atoms with Gasteiger partial charge >= 0.3 is 0 Å². The van der Waals surface area contributed by atoms with Gasteiger partial charge in [0.15, 0.2) is 0 Å². The lowest BCUT2D eigenvalue weighted by Gasteiger charge is -2.23. The summed E-state index contributed by atoms with van der Waals surface area (Å²) in [6.07, 6.45) is 0.291. The van der Waals surface area contributed by atoms with Gasteiger partial charge in [0.1, 0.15) is 17.5 Å². The third-order valence-corrected chi connectivity index (χ3v) is 4.09. The minimum atomic E-state index is -2.61. The summed E-state index contributed by atoms with van der Waals surface area (Å²) in [6.45, 7) is 5.82. The van der Waals surface area contributed by atoms with Gasteiger partial charge in [0.2, 0.25) is 0 Å². The Labute approximate surface area is 166 Å². The molecule has 3 aromatic heterocycles. The monoisotopic (exact) mass is 403 g/mol. The molecule has 0 fully saturated rings. The number of halogens is 2. The Morgan fingerprint density at radius 3 is 2.62 bits per heavy atom. The topological polar surface area (TPSA) is 92.1 Å². The highest BCUT2D eigenvalue weighted by atomic mass is 19.3. The van der Waals surface area contributed by atoms with Crippen molar-refractivity contribution in [3.63, 3.8) is 0 Å². The summed E-state index contributed by atoms with van der Waals surface area (Å²) in [6, 6.07) is 5.91. The molecule has 0 amide bonds. The van der Waals surface area contributed by atoms with E-state index in [1.54, 1.807) is 18.3 Å². The van der Waals surface area contributed by atoms with Gasteiger partial charge in [-0.2, -0.15) is 0 Å². The maximum Gasteiger partial charge on any atom is 0.264 e. The average Bonchev–Trinajstić information content (AvgIpc) is 2.63. The number of alkyl halides is 2. The zero-order chi connectivity index (χ0) is 21.2. The van der Waals surface area contributed by atoms with Crippen molar-refractivity contribution in [2.45, 2.75) is 39.3 Å². The molecule has 0 unspecified atom stereocenters. The summed E-state index contributed by atoms with van der Waals surface area (Å²) in [5.74, 6) is 0.951. The van der Waals surface area contributed by atoms with Gasteiger partial charge in [0.05, 0.1) is 12.0 Å². The Morgan fingerprint density at radius 2 is 1.97 bits per heavy atom. The van der Waals surface area contributed by atoms with Gasteiger partial charge in [-0.3, -0.25) is 4.79 Å². The summed E-state index contributed by atoms with van der Waals surface area (Å²) < 4.78 is 27.3. The van der Waals surface area contributed by atoms with Crippen molar-refractivity contribution in [1.82, 2.24) is 14.5 Å². The van der Waals surface area contributed by atoms with Gasteiger partial charge in [-0.25, -0.2) is 18.7 Å². The summed E-state index contributed by atoms with van der Waals surface area (Å²) in [4.78, 5) is 21.4. The molecule has 0 aliphatic heterocycles. The molecule has 154 valence electrons. The fourth-order valence-corrected chi connectivity index (χ4v) is 2.88. The average molecular weight is 403 g/mol. The summed E-state index contributed by atoms with van der Waals surface area (Å²) in [5, 5.41) is 16.3. The minimum absolute atomic E-state index is 0.150. The van der Waals surface area contributed by atoms with Crippen LogP contribution in [0, 0.1) is 0 Å². The predicted octanol–water partition coefficient (Wildman–Crippen LogP) is 3.68. The van der Waals surface area contributed by atoms with Gasteiger partial charge in [0.25, 0.3) is 12.0 Å². The standard InChI is InChI=1S/C20H23F2N5O2/c1-20(2,3)26-18-16-12(5-7-27(8-9-28)19(16)29)10-15(25-18)24-14-11-13(17(21)22)4-6-23-14/h4-7,10-11,17,28H,8-9H2,1-3H3,(H2,23,24,25,26). The quantitative estimate of drug-likeness (QED) is 0.582. The van der Waals surface area contributed by atoms with Gasteiger partial charge in [-0.1, -0.05) is 0 Å². The number of aliphatic hydroxyl groups excluding tert-OH is 1. The van der Waals surface area contributed by atoms with Crippen molar-refractivity contribution >= 4 is 28.2 Å². The van der Waals surface area contributed by atoms with E-state index in [1.165, 1.54) is 22.9 Å². The SMILES string of the molecule is CC(C)(C)Nc1nc(Nc2cc(C(F)F)ccn2)cc2ccn(CCO)c(=O)c12. The first-order valence-corrected chi connectivity index (χ1v) is 9.12. The third kappa shape index (κ3) is 4.86. The zero-order valence-electron chi connectivity index (χ0n) is 16.4.